The van der Waals surface area contributed by atoms with Crippen LogP contribution in [-0.2, 0) is 4.74 Å². The number of hydrogen-bond donors (Lipinski definition) is 0. The Labute approximate surface area is 77.6 Å². The minimum Gasteiger partial charge on any atom is -0.385 e. The zero-order chi connectivity index (χ0) is 8.10. The van der Waals surface area contributed by atoms with Crippen molar-refractivity contribution in [2.75, 3.05) is 13.7 Å². The van der Waals surface area contributed by atoms with Crippen LogP contribution in [0.5, 0.6) is 0 Å². The topological polar surface area (TPSA) is 9.23 Å². The van der Waals surface area contributed by atoms with Gasteiger partial charge in [0, 0.05) is 18.5 Å². The van der Waals surface area contributed by atoms with Gasteiger partial charge in [0.25, 0.3) is 0 Å². The summed E-state index contributed by atoms with van der Waals surface area (Å²) in [5.74, 6) is 0.967. The number of methoxy groups -OCH3 is 1. The third kappa shape index (κ3) is 3.57. The van der Waals surface area contributed by atoms with Crippen molar-refractivity contribution in [3.8, 4) is 0 Å². The highest BCUT2D eigenvalue weighted by Crippen LogP contribution is 2.33. The van der Waals surface area contributed by atoms with Crippen LogP contribution >= 0.6 is 15.9 Å². The molecular formula is C9H17BrO. The van der Waals surface area contributed by atoms with Crippen LogP contribution in [0.4, 0.5) is 0 Å². The molecule has 0 aromatic carbocycles. The summed E-state index contributed by atoms with van der Waals surface area (Å²) < 4.78 is 5.02. The minimum absolute atomic E-state index is 0.801. The van der Waals surface area contributed by atoms with Crippen LogP contribution in [-0.4, -0.2) is 18.5 Å². The van der Waals surface area contributed by atoms with E-state index >= 15 is 0 Å². The smallest absolute Gasteiger partial charge is 0.0462 e. The number of hydrogen-bond acceptors (Lipinski definition) is 1. The van der Waals surface area contributed by atoms with Crippen molar-refractivity contribution in [1.82, 2.24) is 0 Å². The molecular weight excluding hydrogens is 204 g/mol. The fraction of sp³-hybridized carbons (Fsp3) is 1.00. The maximum atomic E-state index is 5.02. The average Bonchev–Trinajstić information content (AvgIpc) is 2.37. The van der Waals surface area contributed by atoms with Crippen molar-refractivity contribution < 1.29 is 4.74 Å². The quantitative estimate of drug-likeness (QED) is 0.523. The molecule has 0 aromatic heterocycles. The van der Waals surface area contributed by atoms with Crippen molar-refractivity contribution in [3.63, 3.8) is 0 Å². The molecule has 0 radical (unpaired) electrons. The Morgan fingerprint density at radius 3 is 2.82 bits per heavy atom. The molecule has 1 aliphatic carbocycles. The van der Waals surface area contributed by atoms with Crippen LogP contribution in [0.2, 0.25) is 0 Å². The number of ether oxygens (including phenoxy) is 1. The molecule has 0 heterocycles. The van der Waals surface area contributed by atoms with Gasteiger partial charge in [-0.05, 0) is 38.0 Å². The molecule has 1 aliphatic rings. The van der Waals surface area contributed by atoms with Crippen molar-refractivity contribution >= 4 is 15.9 Å². The molecule has 1 saturated carbocycles. The fourth-order valence-electron chi connectivity index (χ4n) is 1.79. The second-order valence-electron chi connectivity index (χ2n) is 3.41. The molecule has 0 N–H and O–H groups in total. The number of halogens is 1. The van der Waals surface area contributed by atoms with E-state index in [1.807, 2.05) is 0 Å². The van der Waals surface area contributed by atoms with Gasteiger partial charge in [-0.25, -0.2) is 0 Å². The summed E-state index contributed by atoms with van der Waals surface area (Å²) in [6.07, 6.45) is 6.76. The molecule has 0 saturated heterocycles. The molecule has 0 aliphatic heterocycles. The van der Waals surface area contributed by atoms with Crippen LogP contribution < -0.4 is 0 Å². The van der Waals surface area contributed by atoms with E-state index in [1.165, 1.54) is 32.1 Å². The van der Waals surface area contributed by atoms with Gasteiger partial charge in [-0.3, -0.25) is 0 Å². The predicted octanol–water partition coefficient (Wildman–Crippen LogP) is 2.98. The normalized spacial score (nSPS) is 31.1. The molecule has 66 valence electrons. The van der Waals surface area contributed by atoms with E-state index in [0.29, 0.717) is 0 Å². The predicted molar refractivity (Wildman–Crippen MR) is 51.2 cm³/mol. The van der Waals surface area contributed by atoms with Crippen LogP contribution in [0, 0.1) is 5.92 Å². The summed E-state index contributed by atoms with van der Waals surface area (Å²) in [5, 5.41) is 0. The first-order valence-corrected chi connectivity index (χ1v) is 5.37. The third-order valence-corrected chi connectivity index (χ3v) is 3.27. The van der Waals surface area contributed by atoms with Crippen LogP contribution in [0.1, 0.15) is 32.1 Å². The lowest BCUT2D eigenvalue weighted by Gasteiger charge is -2.07. The molecule has 2 heteroatoms. The van der Waals surface area contributed by atoms with E-state index in [2.05, 4.69) is 15.9 Å². The van der Waals surface area contributed by atoms with Crippen molar-refractivity contribution in [3.05, 3.63) is 0 Å². The highest BCUT2D eigenvalue weighted by atomic mass is 79.9. The molecule has 0 amide bonds. The first kappa shape index (κ1) is 9.53. The van der Waals surface area contributed by atoms with E-state index in [9.17, 15) is 0 Å². The third-order valence-electron chi connectivity index (χ3n) is 2.44. The zero-order valence-electron chi connectivity index (χ0n) is 7.18. The lowest BCUT2D eigenvalue weighted by Crippen LogP contribution is -1.98. The van der Waals surface area contributed by atoms with Gasteiger partial charge in [-0.1, -0.05) is 15.9 Å². The van der Waals surface area contributed by atoms with Gasteiger partial charge in [0.2, 0.25) is 0 Å². The van der Waals surface area contributed by atoms with Crippen LogP contribution in [0.25, 0.3) is 0 Å². The van der Waals surface area contributed by atoms with Gasteiger partial charge in [-0.15, -0.1) is 0 Å². The minimum atomic E-state index is 0.801. The summed E-state index contributed by atoms with van der Waals surface area (Å²) in [6.45, 7) is 0.934. The summed E-state index contributed by atoms with van der Waals surface area (Å²) in [6, 6.07) is 0. The Kier molecular flexibility index (Phi) is 4.46. The van der Waals surface area contributed by atoms with E-state index in [1.54, 1.807) is 7.11 Å². The van der Waals surface area contributed by atoms with Crippen molar-refractivity contribution in [2.45, 2.75) is 36.9 Å². The lowest BCUT2D eigenvalue weighted by molar-refractivity contribution is 0.187. The second kappa shape index (κ2) is 5.15. The molecule has 1 nitrogen and oxygen atoms in total. The molecule has 0 aromatic rings. The summed E-state index contributed by atoms with van der Waals surface area (Å²) >= 11 is 3.66. The Morgan fingerprint density at radius 2 is 2.27 bits per heavy atom. The molecule has 2 atom stereocenters. The van der Waals surface area contributed by atoms with Gasteiger partial charge in [0.05, 0.1) is 0 Å². The monoisotopic (exact) mass is 220 g/mol. The van der Waals surface area contributed by atoms with Crippen LogP contribution in [0.3, 0.4) is 0 Å². The van der Waals surface area contributed by atoms with E-state index in [4.69, 9.17) is 4.74 Å². The van der Waals surface area contributed by atoms with Crippen LogP contribution in [0.15, 0.2) is 0 Å². The maximum absolute atomic E-state index is 5.02. The molecule has 0 bridgehead atoms. The van der Waals surface area contributed by atoms with Crippen molar-refractivity contribution in [1.29, 1.82) is 0 Å². The van der Waals surface area contributed by atoms with E-state index in [-0.39, 0.29) is 0 Å². The first-order valence-electron chi connectivity index (χ1n) is 4.46. The Bertz CT molecular complexity index is 106. The van der Waals surface area contributed by atoms with E-state index < -0.39 is 0 Å². The number of alkyl halides is 1. The van der Waals surface area contributed by atoms with Gasteiger partial charge in [0.15, 0.2) is 0 Å². The Hall–Kier alpha value is 0.440. The zero-order valence-corrected chi connectivity index (χ0v) is 8.77. The summed E-state index contributed by atoms with van der Waals surface area (Å²) in [4.78, 5) is 0.801. The largest absolute Gasteiger partial charge is 0.385 e. The lowest BCUT2D eigenvalue weighted by atomic mass is 10.0. The standard InChI is InChI=1S/C9H17BrO/c1-11-6-2-3-8-4-5-9(10)7-8/h8-9H,2-7H2,1H3. The second-order valence-corrected chi connectivity index (χ2v) is 4.71. The molecule has 11 heavy (non-hydrogen) atoms. The fourth-order valence-corrected chi connectivity index (χ4v) is 2.59. The molecule has 2 unspecified atom stereocenters. The van der Waals surface area contributed by atoms with E-state index in [0.717, 1.165) is 17.4 Å². The van der Waals surface area contributed by atoms with Gasteiger partial charge in [0.1, 0.15) is 0 Å². The molecule has 0 spiro atoms. The average molecular weight is 221 g/mol. The Morgan fingerprint density at radius 1 is 1.45 bits per heavy atom. The van der Waals surface area contributed by atoms with Gasteiger partial charge >= 0.3 is 0 Å². The molecule has 1 rings (SSSR count). The van der Waals surface area contributed by atoms with Gasteiger partial charge < -0.3 is 4.74 Å². The number of rotatable bonds is 4. The highest BCUT2D eigenvalue weighted by molar-refractivity contribution is 9.09. The SMILES string of the molecule is COCCCC1CCC(Br)C1. The Balaban J connectivity index is 1.99. The maximum Gasteiger partial charge on any atom is 0.0462 e. The van der Waals surface area contributed by atoms with Crippen molar-refractivity contribution in [2.24, 2.45) is 5.92 Å². The summed E-state index contributed by atoms with van der Waals surface area (Å²) in [5.41, 5.74) is 0. The first-order chi connectivity index (χ1) is 5.33. The highest BCUT2D eigenvalue weighted by Gasteiger charge is 2.21. The molecule has 1 fully saturated rings. The van der Waals surface area contributed by atoms with Gasteiger partial charge in [-0.2, -0.15) is 0 Å². The summed E-state index contributed by atoms with van der Waals surface area (Å²) in [7, 11) is 1.78.